The van der Waals surface area contributed by atoms with E-state index in [0.717, 1.165) is 25.7 Å². The summed E-state index contributed by atoms with van der Waals surface area (Å²) in [6.45, 7) is 18.2. The maximum Gasteiger partial charge on any atom is 0.225 e. The summed E-state index contributed by atoms with van der Waals surface area (Å²) in [7, 11) is 0. The Bertz CT molecular complexity index is 610. The summed E-state index contributed by atoms with van der Waals surface area (Å²) in [6, 6.07) is 0.0973. The molecule has 2 N–H and O–H groups in total. The Kier molecular flexibility index (Phi) is 8.04. The van der Waals surface area contributed by atoms with Crippen LogP contribution in [0.4, 0.5) is 0 Å². The molecule has 2 amide bonds. The third kappa shape index (κ3) is 5.38. The number of fused-ring (bicyclic) bond motifs is 1. The Balaban J connectivity index is 2.15. The summed E-state index contributed by atoms with van der Waals surface area (Å²) in [5, 5.41) is 14.8. The summed E-state index contributed by atoms with van der Waals surface area (Å²) >= 11 is 0. The van der Waals surface area contributed by atoms with E-state index in [1.54, 1.807) is 0 Å². The van der Waals surface area contributed by atoms with Crippen LogP contribution >= 0.6 is 0 Å². The molecule has 0 aromatic carbocycles. The first-order valence-corrected chi connectivity index (χ1v) is 12.1. The van der Waals surface area contributed by atoms with Gasteiger partial charge in [-0.1, -0.05) is 41.5 Å². The molecule has 0 aliphatic heterocycles. The lowest BCUT2D eigenvalue weighted by atomic mass is 9.51. The second kappa shape index (κ2) is 9.58. The predicted molar refractivity (Wildman–Crippen MR) is 122 cm³/mol. The van der Waals surface area contributed by atoms with Crippen LogP contribution in [0.25, 0.3) is 0 Å². The van der Waals surface area contributed by atoms with E-state index in [-0.39, 0.29) is 52.4 Å². The Labute approximate surface area is 184 Å². The summed E-state index contributed by atoms with van der Waals surface area (Å²) < 4.78 is 0. The van der Waals surface area contributed by atoms with Crippen molar-refractivity contribution < 1.29 is 14.7 Å². The molecule has 0 heterocycles. The maximum absolute atomic E-state index is 13.0. The molecule has 0 spiro atoms. The van der Waals surface area contributed by atoms with Crippen LogP contribution in [0.15, 0.2) is 0 Å². The van der Waals surface area contributed by atoms with Crippen molar-refractivity contribution in [3.63, 3.8) is 0 Å². The fraction of sp³-hybridized carbons (Fsp3) is 0.920. The Morgan fingerprint density at radius 1 is 1.17 bits per heavy atom. The molecule has 2 aliphatic rings. The highest BCUT2D eigenvalue weighted by molar-refractivity contribution is 5.79. The molecule has 2 saturated carbocycles. The van der Waals surface area contributed by atoms with E-state index in [2.05, 4.69) is 39.9 Å². The van der Waals surface area contributed by atoms with Gasteiger partial charge in [0.15, 0.2) is 0 Å². The Morgan fingerprint density at radius 3 is 2.27 bits per heavy atom. The third-order valence-electron chi connectivity index (χ3n) is 8.03. The van der Waals surface area contributed by atoms with E-state index in [4.69, 9.17) is 0 Å². The summed E-state index contributed by atoms with van der Waals surface area (Å²) in [5.41, 5.74) is 0.0464. The van der Waals surface area contributed by atoms with Crippen LogP contribution in [0.3, 0.4) is 0 Å². The summed E-state index contributed by atoms with van der Waals surface area (Å²) in [6.07, 6.45) is 3.94. The number of amides is 2. The number of nitrogens with zero attached hydrogens (tertiary/aromatic N) is 1. The number of hydrogen-bond acceptors (Lipinski definition) is 3. The first kappa shape index (κ1) is 25.2. The Morgan fingerprint density at radius 2 is 1.73 bits per heavy atom. The van der Waals surface area contributed by atoms with Crippen molar-refractivity contribution >= 4 is 11.8 Å². The number of carbonyl (C=O) groups excluding carboxylic acids is 2. The molecule has 30 heavy (non-hydrogen) atoms. The van der Waals surface area contributed by atoms with Crippen molar-refractivity contribution in [2.24, 2.45) is 34.5 Å². The van der Waals surface area contributed by atoms with Gasteiger partial charge in [0.05, 0.1) is 6.10 Å². The lowest BCUT2D eigenvalue weighted by molar-refractivity contribution is -0.150. The molecule has 2 rings (SSSR count). The highest BCUT2D eigenvalue weighted by Crippen LogP contribution is 2.55. The molecule has 5 heteroatoms. The molecule has 7 atom stereocenters. The molecule has 0 aromatic rings. The minimum absolute atomic E-state index is 0.0114. The van der Waals surface area contributed by atoms with Crippen molar-refractivity contribution in [2.45, 2.75) is 99.6 Å². The molecule has 2 aliphatic carbocycles. The van der Waals surface area contributed by atoms with Crippen LogP contribution in [-0.4, -0.2) is 47.1 Å². The maximum atomic E-state index is 13.0. The van der Waals surface area contributed by atoms with Gasteiger partial charge in [0, 0.05) is 31.5 Å². The number of aliphatic hydroxyl groups excluding tert-OH is 1. The topological polar surface area (TPSA) is 69.6 Å². The van der Waals surface area contributed by atoms with Crippen molar-refractivity contribution in [3.8, 4) is 0 Å². The fourth-order valence-electron chi connectivity index (χ4n) is 6.24. The zero-order valence-corrected chi connectivity index (χ0v) is 20.6. The van der Waals surface area contributed by atoms with Gasteiger partial charge in [-0.15, -0.1) is 0 Å². The second-order valence-corrected chi connectivity index (χ2v) is 11.5. The predicted octanol–water partition coefficient (Wildman–Crippen LogP) is 4.24. The Hall–Kier alpha value is -1.10. The lowest BCUT2D eigenvalue weighted by Gasteiger charge is -2.56. The van der Waals surface area contributed by atoms with Crippen molar-refractivity contribution in [1.29, 1.82) is 0 Å². The van der Waals surface area contributed by atoms with Crippen LogP contribution in [-0.2, 0) is 9.59 Å². The third-order valence-corrected chi connectivity index (χ3v) is 8.03. The normalized spacial score (nSPS) is 35.3. The van der Waals surface area contributed by atoms with Gasteiger partial charge >= 0.3 is 0 Å². The monoisotopic (exact) mass is 422 g/mol. The summed E-state index contributed by atoms with van der Waals surface area (Å²) in [5.74, 6) is 0.384. The SMILES string of the molecule is CCN(CC)C(=O)[C@@H](C)[C@H]1CC[C@@]2(C)CC[C@H](NC(=O)CC(C)(C)C)[C@@H](C)[C@@H]2[C@H]1O. The van der Waals surface area contributed by atoms with Gasteiger partial charge in [0.2, 0.25) is 11.8 Å². The minimum atomic E-state index is -0.504. The van der Waals surface area contributed by atoms with E-state index in [1.807, 2.05) is 25.7 Å². The minimum Gasteiger partial charge on any atom is -0.392 e. The number of carbonyl (C=O) groups is 2. The molecule has 0 saturated heterocycles. The molecule has 2 fully saturated rings. The van der Waals surface area contributed by atoms with Gasteiger partial charge in [-0.2, -0.15) is 0 Å². The van der Waals surface area contributed by atoms with E-state index in [0.29, 0.717) is 19.5 Å². The molecule has 0 unspecified atom stereocenters. The van der Waals surface area contributed by atoms with Gasteiger partial charge in [0.25, 0.3) is 0 Å². The van der Waals surface area contributed by atoms with Crippen molar-refractivity contribution in [1.82, 2.24) is 10.2 Å². The van der Waals surface area contributed by atoms with Crippen LogP contribution < -0.4 is 5.32 Å². The standard InChI is InChI=1S/C25H46N2O3/c1-9-27(10-2)23(30)16(3)18-11-13-25(8)14-12-19(17(4)21(25)22(18)29)26-20(28)15-24(5,6)7/h16-19,21-22,29H,9-15H2,1-8H3,(H,26,28)/t16-,17+,18+,19-,21+,22-,25-/m0/s1. The van der Waals surface area contributed by atoms with Crippen LogP contribution in [0.2, 0.25) is 0 Å². The number of nitrogens with one attached hydrogen (secondary N) is 1. The molecule has 5 nitrogen and oxygen atoms in total. The first-order valence-electron chi connectivity index (χ1n) is 12.1. The van der Waals surface area contributed by atoms with Crippen LogP contribution in [0.5, 0.6) is 0 Å². The second-order valence-electron chi connectivity index (χ2n) is 11.5. The largest absolute Gasteiger partial charge is 0.392 e. The average Bonchev–Trinajstić information content (AvgIpc) is 2.63. The van der Waals surface area contributed by atoms with E-state index >= 15 is 0 Å². The van der Waals surface area contributed by atoms with Gasteiger partial charge < -0.3 is 15.3 Å². The van der Waals surface area contributed by atoms with E-state index < -0.39 is 6.10 Å². The molecule has 174 valence electrons. The van der Waals surface area contributed by atoms with E-state index in [1.165, 1.54) is 0 Å². The molecular weight excluding hydrogens is 376 g/mol. The highest BCUT2D eigenvalue weighted by Gasteiger charge is 2.54. The van der Waals surface area contributed by atoms with Gasteiger partial charge in [-0.25, -0.2) is 0 Å². The van der Waals surface area contributed by atoms with Crippen LogP contribution in [0, 0.1) is 34.5 Å². The van der Waals surface area contributed by atoms with Gasteiger partial charge in [-0.3, -0.25) is 9.59 Å². The summed E-state index contributed by atoms with van der Waals surface area (Å²) in [4.78, 5) is 27.4. The molecule has 0 aromatic heterocycles. The highest BCUT2D eigenvalue weighted by atomic mass is 16.3. The molecular formula is C25H46N2O3. The fourth-order valence-corrected chi connectivity index (χ4v) is 6.24. The van der Waals surface area contributed by atoms with Gasteiger partial charge in [-0.05, 0) is 68.1 Å². The number of hydrogen-bond donors (Lipinski definition) is 2. The van der Waals surface area contributed by atoms with E-state index in [9.17, 15) is 14.7 Å². The zero-order chi connectivity index (χ0) is 22.9. The number of rotatable bonds is 6. The zero-order valence-electron chi connectivity index (χ0n) is 20.6. The molecule has 0 radical (unpaired) electrons. The van der Waals surface area contributed by atoms with Crippen LogP contribution in [0.1, 0.15) is 87.5 Å². The average molecular weight is 423 g/mol. The van der Waals surface area contributed by atoms with Crippen molar-refractivity contribution in [3.05, 3.63) is 0 Å². The lowest BCUT2D eigenvalue weighted by Crippen LogP contribution is -2.58. The number of aliphatic hydroxyl groups is 1. The quantitative estimate of drug-likeness (QED) is 0.673. The smallest absolute Gasteiger partial charge is 0.225 e. The van der Waals surface area contributed by atoms with Gasteiger partial charge in [0.1, 0.15) is 0 Å². The van der Waals surface area contributed by atoms with Crippen molar-refractivity contribution in [2.75, 3.05) is 13.1 Å². The first-order chi connectivity index (χ1) is 13.8. The molecule has 0 bridgehead atoms.